The number of fused-ring (bicyclic) bond motifs is 1. The minimum absolute atomic E-state index is 0.130. The Morgan fingerprint density at radius 2 is 1.87 bits per heavy atom. The van der Waals surface area contributed by atoms with Gasteiger partial charge in [-0.25, -0.2) is 10.1 Å². The molecule has 2 aromatic heterocycles. The van der Waals surface area contributed by atoms with Crippen molar-refractivity contribution in [3.05, 3.63) is 87.5 Å². The molecular formula is C22H17ClN4O3. The van der Waals surface area contributed by atoms with Crippen LogP contribution < -0.4 is 11.0 Å². The number of furan rings is 1. The van der Waals surface area contributed by atoms with Crippen molar-refractivity contribution < 1.29 is 9.21 Å². The van der Waals surface area contributed by atoms with E-state index in [1.807, 2.05) is 12.1 Å². The van der Waals surface area contributed by atoms with Gasteiger partial charge in [-0.1, -0.05) is 29.8 Å². The van der Waals surface area contributed by atoms with Crippen molar-refractivity contribution in [1.29, 1.82) is 0 Å². The van der Waals surface area contributed by atoms with Gasteiger partial charge in [0.1, 0.15) is 11.5 Å². The van der Waals surface area contributed by atoms with E-state index in [0.29, 0.717) is 33.9 Å². The summed E-state index contributed by atoms with van der Waals surface area (Å²) in [4.78, 5) is 25.0. The molecule has 0 aliphatic heterocycles. The number of carbonyl (C=O) groups is 1. The van der Waals surface area contributed by atoms with Gasteiger partial charge in [0.15, 0.2) is 5.69 Å². The van der Waals surface area contributed by atoms with Crippen LogP contribution in [-0.2, 0) is 6.54 Å². The second-order valence-corrected chi connectivity index (χ2v) is 6.86. The molecule has 0 saturated carbocycles. The highest BCUT2D eigenvalue weighted by Crippen LogP contribution is 2.23. The van der Waals surface area contributed by atoms with Gasteiger partial charge >= 0.3 is 0 Å². The van der Waals surface area contributed by atoms with Crippen LogP contribution in [0.2, 0.25) is 5.02 Å². The molecule has 0 fully saturated rings. The SMILES string of the molecule is CCn1nc(C(=O)N/N=C/c2ccc(-c3ccc(Cl)cc3)o2)c2ccccc2c1=O. The largest absolute Gasteiger partial charge is 0.455 e. The van der Waals surface area contributed by atoms with E-state index in [2.05, 4.69) is 15.6 Å². The van der Waals surface area contributed by atoms with E-state index in [0.717, 1.165) is 5.56 Å². The fourth-order valence-corrected chi connectivity index (χ4v) is 3.14. The number of nitrogens with one attached hydrogen (secondary N) is 1. The van der Waals surface area contributed by atoms with Crippen molar-refractivity contribution in [3.8, 4) is 11.3 Å². The monoisotopic (exact) mass is 420 g/mol. The molecule has 1 N–H and O–H groups in total. The van der Waals surface area contributed by atoms with Crippen LogP contribution >= 0.6 is 11.6 Å². The molecule has 0 spiro atoms. The Morgan fingerprint density at radius 3 is 2.60 bits per heavy atom. The third-order valence-electron chi connectivity index (χ3n) is 4.50. The van der Waals surface area contributed by atoms with E-state index >= 15 is 0 Å². The van der Waals surface area contributed by atoms with Crippen LogP contribution in [0.5, 0.6) is 0 Å². The summed E-state index contributed by atoms with van der Waals surface area (Å²) in [6.07, 6.45) is 1.40. The van der Waals surface area contributed by atoms with E-state index in [-0.39, 0.29) is 11.3 Å². The van der Waals surface area contributed by atoms with E-state index in [1.165, 1.54) is 10.9 Å². The molecule has 0 saturated heterocycles. The molecular weight excluding hydrogens is 404 g/mol. The average Bonchev–Trinajstić information content (AvgIpc) is 3.23. The predicted octanol–water partition coefficient (Wildman–Crippen LogP) is 4.09. The number of rotatable bonds is 5. The molecule has 0 unspecified atom stereocenters. The molecule has 4 rings (SSSR count). The number of aromatic nitrogens is 2. The molecule has 0 aliphatic rings. The number of amides is 1. The Balaban J connectivity index is 1.54. The molecule has 7 nitrogen and oxygen atoms in total. The van der Waals surface area contributed by atoms with Crippen LogP contribution in [0.15, 0.2) is 75.0 Å². The number of halogens is 1. The summed E-state index contributed by atoms with van der Waals surface area (Å²) in [5.41, 5.74) is 3.21. The van der Waals surface area contributed by atoms with Gasteiger partial charge in [-0.3, -0.25) is 9.59 Å². The van der Waals surface area contributed by atoms with Crippen LogP contribution in [0.25, 0.3) is 22.1 Å². The summed E-state index contributed by atoms with van der Waals surface area (Å²) in [6, 6.07) is 17.7. The molecule has 0 radical (unpaired) electrons. The Bertz CT molecular complexity index is 1310. The maximum atomic E-state index is 12.6. The molecule has 0 aliphatic carbocycles. The standard InChI is InChI=1S/C22H17ClN4O3/c1-2-27-22(29)18-6-4-3-5-17(18)20(26-27)21(28)25-24-13-16-11-12-19(30-16)14-7-9-15(23)10-8-14/h3-13H,2H2,1H3,(H,25,28)/b24-13+. The van der Waals surface area contributed by atoms with Gasteiger partial charge in [0, 0.05) is 22.5 Å². The summed E-state index contributed by atoms with van der Waals surface area (Å²) in [5, 5.41) is 9.69. The molecule has 0 bridgehead atoms. The van der Waals surface area contributed by atoms with E-state index in [9.17, 15) is 9.59 Å². The maximum Gasteiger partial charge on any atom is 0.292 e. The quantitative estimate of drug-likeness (QED) is 0.389. The third kappa shape index (κ3) is 3.88. The average molecular weight is 421 g/mol. The van der Waals surface area contributed by atoms with Crippen molar-refractivity contribution >= 4 is 34.5 Å². The first-order valence-corrected chi connectivity index (χ1v) is 9.63. The maximum absolute atomic E-state index is 12.6. The molecule has 0 atom stereocenters. The van der Waals surface area contributed by atoms with E-state index < -0.39 is 5.91 Å². The number of benzene rings is 2. The number of hydrazone groups is 1. The topological polar surface area (TPSA) is 89.5 Å². The zero-order valence-corrected chi connectivity index (χ0v) is 16.8. The van der Waals surface area contributed by atoms with Crippen molar-refractivity contribution in [2.24, 2.45) is 5.10 Å². The number of carbonyl (C=O) groups excluding carboxylic acids is 1. The molecule has 30 heavy (non-hydrogen) atoms. The van der Waals surface area contributed by atoms with Crippen LogP contribution in [0.3, 0.4) is 0 Å². The zero-order chi connectivity index (χ0) is 21.1. The van der Waals surface area contributed by atoms with Crippen molar-refractivity contribution in [2.75, 3.05) is 0 Å². The van der Waals surface area contributed by atoms with Gasteiger partial charge in [0.25, 0.3) is 11.5 Å². The highest BCUT2D eigenvalue weighted by molar-refractivity contribution is 6.30. The van der Waals surface area contributed by atoms with E-state index in [4.69, 9.17) is 16.0 Å². The minimum atomic E-state index is -0.519. The summed E-state index contributed by atoms with van der Waals surface area (Å²) in [6.45, 7) is 2.14. The molecule has 2 aromatic carbocycles. The van der Waals surface area contributed by atoms with Gasteiger partial charge in [0.05, 0.1) is 11.6 Å². The lowest BCUT2D eigenvalue weighted by Crippen LogP contribution is -2.28. The van der Waals surface area contributed by atoms with Crippen molar-refractivity contribution in [2.45, 2.75) is 13.5 Å². The zero-order valence-electron chi connectivity index (χ0n) is 16.0. The van der Waals surface area contributed by atoms with Crippen LogP contribution in [0, 0.1) is 0 Å². The smallest absolute Gasteiger partial charge is 0.292 e. The normalized spacial score (nSPS) is 11.3. The van der Waals surface area contributed by atoms with Gasteiger partial charge < -0.3 is 4.42 Å². The number of hydrogen-bond acceptors (Lipinski definition) is 5. The van der Waals surface area contributed by atoms with Gasteiger partial charge in [-0.15, -0.1) is 0 Å². The van der Waals surface area contributed by atoms with Crippen LogP contribution in [0.4, 0.5) is 0 Å². The van der Waals surface area contributed by atoms with Gasteiger partial charge in [-0.2, -0.15) is 10.2 Å². The first kappa shape index (κ1) is 19.6. The number of nitrogens with zero attached hydrogens (tertiary/aromatic N) is 3. The van der Waals surface area contributed by atoms with Gasteiger partial charge in [0.2, 0.25) is 0 Å². The predicted molar refractivity (Wildman–Crippen MR) is 116 cm³/mol. The van der Waals surface area contributed by atoms with Gasteiger partial charge in [-0.05, 0) is 49.4 Å². The summed E-state index contributed by atoms with van der Waals surface area (Å²) < 4.78 is 6.97. The Morgan fingerprint density at radius 1 is 1.13 bits per heavy atom. The lowest BCUT2D eigenvalue weighted by Gasteiger charge is -2.08. The summed E-state index contributed by atoms with van der Waals surface area (Å²) in [5.74, 6) is 0.604. The molecule has 4 aromatic rings. The Hall–Kier alpha value is -3.71. The minimum Gasteiger partial charge on any atom is -0.455 e. The molecule has 2 heterocycles. The summed E-state index contributed by atoms with van der Waals surface area (Å²) in [7, 11) is 0. The third-order valence-corrected chi connectivity index (χ3v) is 4.75. The highest BCUT2D eigenvalue weighted by atomic mass is 35.5. The van der Waals surface area contributed by atoms with Crippen LogP contribution in [0.1, 0.15) is 23.2 Å². The Labute approximate surface area is 176 Å². The summed E-state index contributed by atoms with van der Waals surface area (Å²) >= 11 is 5.90. The first-order chi connectivity index (χ1) is 14.6. The fraction of sp³-hybridized carbons (Fsp3) is 0.0909. The molecule has 150 valence electrons. The van der Waals surface area contributed by atoms with Crippen molar-refractivity contribution in [3.63, 3.8) is 0 Å². The second-order valence-electron chi connectivity index (χ2n) is 6.42. The number of aryl methyl sites for hydroxylation is 1. The molecule has 1 amide bonds. The second kappa shape index (κ2) is 8.34. The lowest BCUT2D eigenvalue weighted by atomic mass is 10.1. The fourth-order valence-electron chi connectivity index (χ4n) is 3.02. The first-order valence-electron chi connectivity index (χ1n) is 9.26. The lowest BCUT2D eigenvalue weighted by molar-refractivity contribution is 0.0949. The number of hydrogen-bond donors (Lipinski definition) is 1. The molecule has 8 heteroatoms. The highest BCUT2D eigenvalue weighted by Gasteiger charge is 2.15. The van der Waals surface area contributed by atoms with Crippen LogP contribution in [-0.4, -0.2) is 21.9 Å². The van der Waals surface area contributed by atoms with Crippen molar-refractivity contribution in [1.82, 2.24) is 15.2 Å². The van der Waals surface area contributed by atoms with E-state index in [1.54, 1.807) is 55.5 Å². The Kier molecular flexibility index (Phi) is 5.45.